The smallest absolute Gasteiger partial charge is 0.266 e. The molecular weight excluding hydrogens is 246 g/mol. The lowest BCUT2D eigenvalue weighted by atomic mass is 10.3. The van der Waals surface area contributed by atoms with Crippen molar-refractivity contribution in [3.8, 4) is 0 Å². The average Bonchev–Trinajstić information content (AvgIpc) is 2.29. The lowest BCUT2D eigenvalue weighted by Crippen LogP contribution is -2.09. The van der Waals surface area contributed by atoms with E-state index in [4.69, 9.17) is 4.18 Å². The maximum Gasteiger partial charge on any atom is 0.303 e. The molecule has 0 bridgehead atoms. The summed E-state index contributed by atoms with van der Waals surface area (Å²) in [6.07, 6.45) is 1.37. The molecule has 0 spiro atoms. The minimum Gasteiger partial charge on any atom is -0.266 e. The van der Waals surface area contributed by atoms with Crippen LogP contribution in [0.25, 0.3) is 0 Å². The fourth-order valence-electron chi connectivity index (χ4n) is 1.20. The highest BCUT2D eigenvalue weighted by Crippen LogP contribution is 2.24. The van der Waals surface area contributed by atoms with Gasteiger partial charge in [0.05, 0.1) is 11.5 Å². The highest BCUT2D eigenvalue weighted by atomic mass is 32.2. The summed E-state index contributed by atoms with van der Waals surface area (Å²) in [5.41, 5.74) is -0.469. The van der Waals surface area contributed by atoms with Gasteiger partial charge in [-0.3, -0.25) is 14.3 Å². The second kappa shape index (κ2) is 5.74. The standard InChI is InChI=1S/C10H13NO5S/c1-2-3-8-16-17(14,15)10-7-5-4-6-9(10)11(12)13/h4-7H,2-3,8H2,1H3. The third kappa shape index (κ3) is 3.50. The van der Waals surface area contributed by atoms with Crippen molar-refractivity contribution in [2.75, 3.05) is 6.61 Å². The summed E-state index contributed by atoms with van der Waals surface area (Å²) in [6.45, 7) is 1.92. The summed E-state index contributed by atoms with van der Waals surface area (Å²) in [4.78, 5) is 9.54. The fourth-order valence-corrected chi connectivity index (χ4v) is 2.30. The van der Waals surface area contributed by atoms with Crippen LogP contribution >= 0.6 is 0 Å². The molecule has 6 nitrogen and oxygen atoms in total. The van der Waals surface area contributed by atoms with E-state index in [0.717, 1.165) is 12.5 Å². The Hall–Kier alpha value is -1.47. The normalized spacial score (nSPS) is 11.4. The van der Waals surface area contributed by atoms with Gasteiger partial charge in [0.25, 0.3) is 5.69 Å². The summed E-state index contributed by atoms with van der Waals surface area (Å²) in [7, 11) is -4.05. The zero-order chi connectivity index (χ0) is 12.9. The lowest BCUT2D eigenvalue weighted by molar-refractivity contribution is -0.387. The number of unbranched alkanes of at least 4 members (excludes halogenated alkanes) is 1. The van der Waals surface area contributed by atoms with Gasteiger partial charge in [-0.1, -0.05) is 25.5 Å². The van der Waals surface area contributed by atoms with Crippen LogP contribution in [0.15, 0.2) is 29.2 Å². The van der Waals surface area contributed by atoms with Crippen LogP contribution in [0.5, 0.6) is 0 Å². The largest absolute Gasteiger partial charge is 0.303 e. The van der Waals surface area contributed by atoms with Crippen molar-refractivity contribution in [1.82, 2.24) is 0 Å². The molecule has 7 heteroatoms. The number of hydrogen-bond donors (Lipinski definition) is 0. The molecule has 0 atom stereocenters. The van der Waals surface area contributed by atoms with Crippen molar-refractivity contribution < 1.29 is 17.5 Å². The molecule has 0 aromatic heterocycles. The molecule has 1 aromatic carbocycles. The molecular formula is C10H13NO5S. The third-order valence-electron chi connectivity index (χ3n) is 2.07. The number of hydrogen-bond acceptors (Lipinski definition) is 5. The highest BCUT2D eigenvalue weighted by molar-refractivity contribution is 7.87. The number of nitro benzene ring substituents is 1. The Bertz CT molecular complexity index is 497. The summed E-state index contributed by atoms with van der Waals surface area (Å²) in [5, 5.41) is 10.7. The van der Waals surface area contributed by atoms with Crippen molar-refractivity contribution in [3.05, 3.63) is 34.4 Å². The summed E-state index contributed by atoms with van der Waals surface area (Å²) < 4.78 is 28.1. The van der Waals surface area contributed by atoms with E-state index >= 15 is 0 Å². The van der Waals surface area contributed by atoms with Crippen LogP contribution in [0.4, 0.5) is 5.69 Å². The van der Waals surface area contributed by atoms with Gasteiger partial charge in [0, 0.05) is 6.07 Å². The van der Waals surface area contributed by atoms with Crippen molar-refractivity contribution >= 4 is 15.8 Å². The van der Waals surface area contributed by atoms with Gasteiger partial charge in [0.15, 0.2) is 4.90 Å². The Kier molecular flexibility index (Phi) is 4.59. The predicted molar refractivity (Wildman–Crippen MR) is 61.1 cm³/mol. The van der Waals surface area contributed by atoms with Gasteiger partial charge >= 0.3 is 10.1 Å². The second-order valence-electron chi connectivity index (χ2n) is 3.35. The Morgan fingerprint density at radius 3 is 2.59 bits per heavy atom. The molecule has 0 saturated carbocycles. The van der Waals surface area contributed by atoms with Crippen molar-refractivity contribution in [2.24, 2.45) is 0 Å². The van der Waals surface area contributed by atoms with Gasteiger partial charge in [0.2, 0.25) is 0 Å². The van der Waals surface area contributed by atoms with Gasteiger partial charge in [-0.25, -0.2) is 0 Å². The highest BCUT2D eigenvalue weighted by Gasteiger charge is 2.25. The van der Waals surface area contributed by atoms with Crippen molar-refractivity contribution in [3.63, 3.8) is 0 Å². The molecule has 0 saturated heterocycles. The van der Waals surface area contributed by atoms with Gasteiger partial charge in [-0.05, 0) is 12.5 Å². The maximum absolute atomic E-state index is 11.7. The Balaban J connectivity index is 3.02. The first-order valence-electron chi connectivity index (χ1n) is 5.12. The van der Waals surface area contributed by atoms with Gasteiger partial charge in [-0.15, -0.1) is 0 Å². The van der Waals surface area contributed by atoms with Crippen molar-refractivity contribution in [2.45, 2.75) is 24.7 Å². The number of nitro groups is 1. The first-order valence-corrected chi connectivity index (χ1v) is 6.52. The second-order valence-corrected chi connectivity index (χ2v) is 4.94. The first kappa shape index (κ1) is 13.6. The molecule has 0 unspecified atom stereocenters. The van der Waals surface area contributed by atoms with Crippen LogP contribution < -0.4 is 0 Å². The van der Waals surface area contributed by atoms with E-state index in [1.807, 2.05) is 6.92 Å². The topological polar surface area (TPSA) is 86.5 Å². The van der Waals surface area contributed by atoms with E-state index < -0.39 is 25.6 Å². The van der Waals surface area contributed by atoms with E-state index in [0.29, 0.717) is 6.42 Å². The number of rotatable bonds is 6. The zero-order valence-corrected chi connectivity index (χ0v) is 10.1. The number of benzene rings is 1. The lowest BCUT2D eigenvalue weighted by Gasteiger charge is -2.05. The zero-order valence-electron chi connectivity index (χ0n) is 9.33. The molecule has 0 fully saturated rings. The minimum atomic E-state index is -4.05. The molecule has 94 valence electrons. The molecule has 0 heterocycles. The van der Waals surface area contributed by atoms with Crippen LogP contribution in [0, 0.1) is 10.1 Å². The SMILES string of the molecule is CCCCOS(=O)(=O)c1ccccc1[N+](=O)[O-]. The Morgan fingerprint density at radius 1 is 1.35 bits per heavy atom. The number of para-hydroxylation sites is 1. The van der Waals surface area contributed by atoms with Gasteiger partial charge in [-0.2, -0.15) is 8.42 Å². The predicted octanol–water partition coefficient (Wildman–Crippen LogP) is 2.10. The third-order valence-corrected chi connectivity index (χ3v) is 3.43. The molecule has 1 rings (SSSR count). The molecule has 0 amide bonds. The van der Waals surface area contributed by atoms with Gasteiger partial charge < -0.3 is 0 Å². The maximum atomic E-state index is 11.7. The molecule has 0 aliphatic carbocycles. The number of nitrogens with zero attached hydrogens (tertiary/aromatic N) is 1. The van der Waals surface area contributed by atoms with Crippen LogP contribution in [-0.4, -0.2) is 19.9 Å². The summed E-state index contributed by atoms with van der Waals surface area (Å²) in [6, 6.07) is 5.13. The Morgan fingerprint density at radius 2 is 2.00 bits per heavy atom. The average molecular weight is 259 g/mol. The van der Waals surface area contributed by atoms with E-state index in [9.17, 15) is 18.5 Å². The first-order chi connectivity index (χ1) is 7.99. The quantitative estimate of drug-likeness (QED) is 0.338. The molecule has 0 N–H and O–H groups in total. The molecule has 17 heavy (non-hydrogen) atoms. The van der Waals surface area contributed by atoms with Crippen LogP contribution in [0.3, 0.4) is 0 Å². The molecule has 0 aliphatic rings. The molecule has 0 radical (unpaired) electrons. The van der Waals surface area contributed by atoms with E-state index in [-0.39, 0.29) is 6.61 Å². The molecule has 0 aliphatic heterocycles. The van der Waals surface area contributed by atoms with E-state index in [2.05, 4.69) is 0 Å². The monoisotopic (exact) mass is 259 g/mol. The van der Waals surface area contributed by atoms with Crippen LogP contribution in [0.1, 0.15) is 19.8 Å². The van der Waals surface area contributed by atoms with E-state index in [1.54, 1.807) is 0 Å². The van der Waals surface area contributed by atoms with Crippen LogP contribution in [-0.2, 0) is 14.3 Å². The van der Waals surface area contributed by atoms with Crippen molar-refractivity contribution in [1.29, 1.82) is 0 Å². The van der Waals surface area contributed by atoms with Gasteiger partial charge in [0.1, 0.15) is 0 Å². The molecule has 1 aromatic rings. The minimum absolute atomic E-state index is 0.0326. The summed E-state index contributed by atoms with van der Waals surface area (Å²) in [5.74, 6) is 0. The van der Waals surface area contributed by atoms with Crippen LogP contribution in [0.2, 0.25) is 0 Å². The fraction of sp³-hybridized carbons (Fsp3) is 0.400. The Labute approximate surface area is 99.5 Å². The summed E-state index contributed by atoms with van der Waals surface area (Å²) >= 11 is 0. The van der Waals surface area contributed by atoms with E-state index in [1.165, 1.54) is 18.2 Å².